The monoisotopic (exact) mass is 205 g/mol. The van der Waals surface area contributed by atoms with Crippen LogP contribution in [-0.2, 0) is 6.18 Å². The Balaban J connectivity index is 3.16. The molecule has 0 aromatic carbocycles. The van der Waals surface area contributed by atoms with Crippen LogP contribution in [0.4, 0.5) is 13.2 Å². The summed E-state index contributed by atoms with van der Waals surface area (Å²) >= 11 is 0. The zero-order chi connectivity index (χ0) is 10.8. The van der Waals surface area contributed by atoms with Gasteiger partial charge in [-0.2, -0.15) is 13.2 Å². The summed E-state index contributed by atoms with van der Waals surface area (Å²) in [7, 11) is 0. The van der Waals surface area contributed by atoms with Crippen LogP contribution in [0.25, 0.3) is 0 Å². The molecule has 0 bridgehead atoms. The summed E-state index contributed by atoms with van der Waals surface area (Å²) in [5.41, 5.74) is 9.56. The van der Waals surface area contributed by atoms with Crippen LogP contribution in [0.2, 0.25) is 0 Å². The maximum absolute atomic E-state index is 12.4. The number of rotatable bonds is 2. The van der Waals surface area contributed by atoms with Crippen molar-refractivity contribution in [2.75, 3.05) is 6.54 Å². The Kier molecular flexibility index (Phi) is 3.07. The van der Waals surface area contributed by atoms with Crippen molar-refractivity contribution in [1.82, 2.24) is 4.98 Å². The molecule has 1 unspecified atom stereocenters. The molecule has 14 heavy (non-hydrogen) atoms. The minimum absolute atomic E-state index is 0.0694. The molecule has 0 saturated heterocycles. The molecule has 6 heteroatoms. The normalized spacial score (nSPS) is 14.1. The summed E-state index contributed by atoms with van der Waals surface area (Å²) < 4.78 is 37.2. The molecule has 0 aliphatic carbocycles. The van der Waals surface area contributed by atoms with Crippen molar-refractivity contribution < 1.29 is 13.2 Å². The van der Waals surface area contributed by atoms with E-state index in [0.717, 1.165) is 6.07 Å². The van der Waals surface area contributed by atoms with Crippen molar-refractivity contribution in [2.45, 2.75) is 12.2 Å². The first kappa shape index (κ1) is 10.9. The van der Waals surface area contributed by atoms with Crippen molar-refractivity contribution in [3.8, 4) is 0 Å². The van der Waals surface area contributed by atoms with Gasteiger partial charge >= 0.3 is 6.18 Å². The number of nitrogens with two attached hydrogens (primary N) is 2. The van der Waals surface area contributed by atoms with E-state index < -0.39 is 17.8 Å². The molecular weight excluding hydrogens is 195 g/mol. The standard InChI is InChI=1S/C8H10F3N3/c9-8(10,11)5-2-1-3-14-7(5)6(13)4-12/h1-3,6H,4,12-13H2. The van der Waals surface area contributed by atoms with E-state index in [-0.39, 0.29) is 12.2 Å². The van der Waals surface area contributed by atoms with Crippen LogP contribution in [0.3, 0.4) is 0 Å². The molecule has 3 nitrogen and oxygen atoms in total. The Labute approximate surface area is 78.9 Å². The van der Waals surface area contributed by atoms with E-state index in [1.165, 1.54) is 12.3 Å². The summed E-state index contributed by atoms with van der Waals surface area (Å²) in [6.45, 7) is -0.0694. The molecule has 0 amide bonds. The van der Waals surface area contributed by atoms with E-state index in [2.05, 4.69) is 4.98 Å². The van der Waals surface area contributed by atoms with Gasteiger partial charge in [0.15, 0.2) is 0 Å². The van der Waals surface area contributed by atoms with Gasteiger partial charge in [-0.1, -0.05) is 0 Å². The Morgan fingerprint density at radius 2 is 2.07 bits per heavy atom. The van der Waals surface area contributed by atoms with Gasteiger partial charge in [-0.3, -0.25) is 4.98 Å². The van der Waals surface area contributed by atoms with Gasteiger partial charge < -0.3 is 11.5 Å². The van der Waals surface area contributed by atoms with Gasteiger partial charge in [-0.05, 0) is 12.1 Å². The van der Waals surface area contributed by atoms with Crippen molar-refractivity contribution in [2.24, 2.45) is 11.5 Å². The number of alkyl halides is 3. The van der Waals surface area contributed by atoms with Crippen LogP contribution in [0.5, 0.6) is 0 Å². The molecule has 1 rings (SSSR count). The van der Waals surface area contributed by atoms with Gasteiger partial charge in [0.1, 0.15) is 0 Å². The minimum Gasteiger partial charge on any atom is -0.329 e. The summed E-state index contributed by atoms with van der Waals surface area (Å²) in [4.78, 5) is 3.59. The second-order valence-corrected chi connectivity index (χ2v) is 2.78. The Morgan fingerprint density at radius 3 is 2.57 bits per heavy atom. The number of pyridine rings is 1. The van der Waals surface area contributed by atoms with E-state index in [1.54, 1.807) is 0 Å². The topological polar surface area (TPSA) is 64.9 Å². The predicted molar refractivity (Wildman–Crippen MR) is 45.2 cm³/mol. The lowest BCUT2D eigenvalue weighted by Crippen LogP contribution is -2.25. The van der Waals surface area contributed by atoms with Gasteiger partial charge in [0.2, 0.25) is 0 Å². The van der Waals surface area contributed by atoms with Crippen LogP contribution in [-0.4, -0.2) is 11.5 Å². The Hall–Kier alpha value is -1.14. The maximum atomic E-state index is 12.4. The van der Waals surface area contributed by atoms with E-state index >= 15 is 0 Å². The van der Waals surface area contributed by atoms with Crippen LogP contribution >= 0.6 is 0 Å². The fraction of sp³-hybridized carbons (Fsp3) is 0.375. The van der Waals surface area contributed by atoms with Crippen molar-refractivity contribution in [1.29, 1.82) is 0 Å². The van der Waals surface area contributed by atoms with Gasteiger partial charge in [0, 0.05) is 12.7 Å². The summed E-state index contributed by atoms with van der Waals surface area (Å²) in [5.74, 6) is 0. The zero-order valence-electron chi connectivity index (χ0n) is 7.25. The molecule has 78 valence electrons. The van der Waals surface area contributed by atoms with Crippen LogP contribution in [0.1, 0.15) is 17.3 Å². The molecule has 1 aromatic rings. The fourth-order valence-electron chi connectivity index (χ4n) is 1.06. The summed E-state index contributed by atoms with van der Waals surface area (Å²) in [5, 5.41) is 0. The smallest absolute Gasteiger partial charge is 0.329 e. The molecule has 1 aromatic heterocycles. The lowest BCUT2D eigenvalue weighted by Gasteiger charge is -2.15. The predicted octanol–water partition coefficient (Wildman–Crippen LogP) is 1.06. The quantitative estimate of drug-likeness (QED) is 0.758. The highest BCUT2D eigenvalue weighted by Crippen LogP contribution is 2.32. The fourth-order valence-corrected chi connectivity index (χ4v) is 1.06. The number of hydrogen-bond donors (Lipinski definition) is 2. The number of aromatic nitrogens is 1. The third-order valence-corrected chi connectivity index (χ3v) is 1.75. The van der Waals surface area contributed by atoms with E-state index in [9.17, 15) is 13.2 Å². The van der Waals surface area contributed by atoms with Crippen molar-refractivity contribution in [3.63, 3.8) is 0 Å². The number of hydrogen-bond acceptors (Lipinski definition) is 3. The molecule has 0 aliphatic heterocycles. The average Bonchev–Trinajstić information content (AvgIpc) is 2.15. The molecule has 1 heterocycles. The first-order valence-corrected chi connectivity index (χ1v) is 3.94. The first-order chi connectivity index (χ1) is 6.46. The highest BCUT2D eigenvalue weighted by atomic mass is 19.4. The molecule has 0 fully saturated rings. The molecule has 0 saturated carbocycles. The highest BCUT2D eigenvalue weighted by molar-refractivity contribution is 5.25. The zero-order valence-corrected chi connectivity index (χ0v) is 7.25. The minimum atomic E-state index is -4.43. The van der Waals surface area contributed by atoms with Gasteiger partial charge in [-0.25, -0.2) is 0 Å². The van der Waals surface area contributed by atoms with E-state index in [1.807, 2.05) is 0 Å². The third-order valence-electron chi connectivity index (χ3n) is 1.75. The van der Waals surface area contributed by atoms with Crippen molar-refractivity contribution in [3.05, 3.63) is 29.6 Å². The van der Waals surface area contributed by atoms with E-state index in [4.69, 9.17) is 11.5 Å². The lowest BCUT2D eigenvalue weighted by atomic mass is 10.1. The Morgan fingerprint density at radius 1 is 1.43 bits per heavy atom. The molecule has 1 atom stereocenters. The second-order valence-electron chi connectivity index (χ2n) is 2.78. The van der Waals surface area contributed by atoms with Gasteiger partial charge in [0.25, 0.3) is 0 Å². The second kappa shape index (κ2) is 3.93. The number of nitrogens with zero attached hydrogens (tertiary/aromatic N) is 1. The largest absolute Gasteiger partial charge is 0.418 e. The maximum Gasteiger partial charge on any atom is 0.418 e. The molecule has 0 aliphatic rings. The number of halogens is 3. The average molecular weight is 205 g/mol. The summed E-state index contributed by atoms with van der Waals surface area (Å²) in [6.07, 6.45) is -3.17. The summed E-state index contributed by atoms with van der Waals surface area (Å²) in [6, 6.07) is 1.28. The lowest BCUT2D eigenvalue weighted by molar-refractivity contribution is -0.138. The first-order valence-electron chi connectivity index (χ1n) is 3.94. The molecule has 0 radical (unpaired) electrons. The van der Waals surface area contributed by atoms with Gasteiger partial charge in [0.05, 0.1) is 17.3 Å². The van der Waals surface area contributed by atoms with Crippen LogP contribution in [0.15, 0.2) is 18.3 Å². The van der Waals surface area contributed by atoms with Crippen molar-refractivity contribution >= 4 is 0 Å². The van der Waals surface area contributed by atoms with Crippen LogP contribution < -0.4 is 11.5 Å². The SMILES string of the molecule is NCC(N)c1ncccc1C(F)(F)F. The van der Waals surface area contributed by atoms with Gasteiger partial charge in [-0.15, -0.1) is 0 Å². The molecule has 0 spiro atoms. The Bertz CT molecular complexity index is 311. The third kappa shape index (κ3) is 2.21. The molecular formula is C8H10F3N3. The van der Waals surface area contributed by atoms with Crippen LogP contribution in [0, 0.1) is 0 Å². The molecule has 4 N–H and O–H groups in total. The van der Waals surface area contributed by atoms with E-state index in [0.29, 0.717) is 0 Å². The highest BCUT2D eigenvalue weighted by Gasteiger charge is 2.34.